The highest BCUT2D eigenvalue weighted by Gasteiger charge is 2.43. The maximum Gasteiger partial charge on any atom is 0.495 e. The van der Waals surface area contributed by atoms with Gasteiger partial charge >= 0.3 is 7.12 Å². The van der Waals surface area contributed by atoms with E-state index >= 15 is 0 Å². The zero-order chi connectivity index (χ0) is 11.1. The van der Waals surface area contributed by atoms with Crippen LogP contribution in [0.5, 0.6) is 0 Å². The Balaban J connectivity index is 2.13. The van der Waals surface area contributed by atoms with E-state index in [0.717, 1.165) is 16.6 Å². The van der Waals surface area contributed by atoms with E-state index in [-0.39, 0.29) is 13.2 Å². The SMILES string of the molecule is NC[C@H]1OB2OCC3=C2C(=C1Cl)C=COC3. The second kappa shape index (κ2) is 3.93. The first-order valence-corrected chi connectivity index (χ1v) is 5.56. The van der Waals surface area contributed by atoms with E-state index in [9.17, 15) is 0 Å². The van der Waals surface area contributed by atoms with Crippen molar-refractivity contribution >= 4 is 18.7 Å². The fourth-order valence-corrected chi connectivity index (χ4v) is 2.46. The van der Waals surface area contributed by atoms with Crippen molar-refractivity contribution < 1.29 is 14.0 Å². The van der Waals surface area contributed by atoms with Gasteiger partial charge in [0.05, 0.1) is 24.0 Å². The summed E-state index contributed by atoms with van der Waals surface area (Å²) in [4.78, 5) is 0. The molecule has 3 aliphatic rings. The molecule has 0 aromatic carbocycles. The lowest BCUT2D eigenvalue weighted by Crippen LogP contribution is -2.38. The molecule has 0 saturated carbocycles. The van der Waals surface area contributed by atoms with Crippen LogP contribution in [0, 0.1) is 0 Å². The van der Waals surface area contributed by atoms with Crippen molar-refractivity contribution in [3.63, 3.8) is 0 Å². The number of hydrogen-bond acceptors (Lipinski definition) is 4. The Bertz CT molecular complexity index is 418. The fourth-order valence-electron chi connectivity index (χ4n) is 2.15. The zero-order valence-electron chi connectivity index (χ0n) is 8.61. The lowest BCUT2D eigenvalue weighted by molar-refractivity contribution is 0.180. The molecule has 0 aromatic heterocycles. The van der Waals surface area contributed by atoms with Gasteiger partial charge in [-0.2, -0.15) is 0 Å². The van der Waals surface area contributed by atoms with Crippen LogP contribution in [0.1, 0.15) is 0 Å². The molecule has 0 unspecified atom stereocenters. The third kappa shape index (κ3) is 1.43. The summed E-state index contributed by atoms with van der Waals surface area (Å²) in [6.45, 7) is 1.42. The molecule has 84 valence electrons. The van der Waals surface area contributed by atoms with E-state index in [1.807, 2.05) is 6.08 Å². The van der Waals surface area contributed by atoms with E-state index in [1.54, 1.807) is 6.26 Å². The number of nitrogens with two attached hydrogens (primary N) is 1. The minimum atomic E-state index is -0.340. The van der Waals surface area contributed by atoms with Crippen molar-refractivity contribution in [3.8, 4) is 0 Å². The van der Waals surface area contributed by atoms with E-state index < -0.39 is 0 Å². The largest absolute Gasteiger partial charge is 0.497 e. The van der Waals surface area contributed by atoms with Crippen molar-refractivity contribution in [2.45, 2.75) is 6.10 Å². The quantitative estimate of drug-likeness (QED) is 0.686. The van der Waals surface area contributed by atoms with E-state index in [2.05, 4.69) is 0 Å². The molecule has 0 bridgehead atoms. The van der Waals surface area contributed by atoms with E-state index in [1.165, 1.54) is 0 Å². The molecule has 0 fully saturated rings. The Morgan fingerprint density at radius 1 is 1.50 bits per heavy atom. The maximum atomic E-state index is 6.27. The predicted octanol–water partition coefficient (Wildman–Crippen LogP) is 0.735. The Hall–Kier alpha value is -0.745. The van der Waals surface area contributed by atoms with Gasteiger partial charge < -0.3 is 19.8 Å². The molecule has 0 saturated heterocycles. The number of allylic oxidation sites excluding steroid dienone is 3. The third-order valence-electron chi connectivity index (χ3n) is 2.95. The fraction of sp³-hybridized carbons (Fsp3) is 0.400. The third-order valence-corrected chi connectivity index (χ3v) is 3.39. The maximum absolute atomic E-state index is 6.27. The average molecular weight is 239 g/mol. The topological polar surface area (TPSA) is 53.7 Å². The van der Waals surface area contributed by atoms with Crippen molar-refractivity contribution in [1.29, 1.82) is 0 Å². The van der Waals surface area contributed by atoms with Crippen LogP contribution in [0.2, 0.25) is 0 Å². The van der Waals surface area contributed by atoms with Crippen molar-refractivity contribution in [1.82, 2.24) is 0 Å². The van der Waals surface area contributed by atoms with Crippen LogP contribution >= 0.6 is 11.6 Å². The van der Waals surface area contributed by atoms with Crippen LogP contribution in [0.3, 0.4) is 0 Å². The van der Waals surface area contributed by atoms with Gasteiger partial charge in [-0.25, -0.2) is 0 Å². The van der Waals surface area contributed by atoms with Crippen LogP contribution in [-0.4, -0.2) is 33.0 Å². The molecule has 0 radical (unpaired) electrons. The minimum absolute atomic E-state index is 0.285. The molecule has 0 spiro atoms. The summed E-state index contributed by atoms with van der Waals surface area (Å²) in [5.74, 6) is 0. The minimum Gasteiger partial charge on any atom is -0.497 e. The van der Waals surface area contributed by atoms with Crippen molar-refractivity contribution in [2.75, 3.05) is 19.8 Å². The first-order valence-electron chi connectivity index (χ1n) is 5.18. The first kappa shape index (κ1) is 10.4. The van der Waals surface area contributed by atoms with Crippen LogP contribution in [0.25, 0.3) is 0 Å². The first-order chi connectivity index (χ1) is 7.81. The Morgan fingerprint density at radius 3 is 3.19 bits per heavy atom. The van der Waals surface area contributed by atoms with Crippen LogP contribution in [0.4, 0.5) is 0 Å². The average Bonchev–Trinajstić information content (AvgIpc) is 2.57. The molecule has 0 aromatic rings. The molecular weight excluding hydrogens is 228 g/mol. The summed E-state index contributed by atoms with van der Waals surface area (Å²) in [6, 6.07) is 0. The normalized spacial score (nSPS) is 28.1. The lowest BCUT2D eigenvalue weighted by Gasteiger charge is -2.27. The van der Waals surface area contributed by atoms with E-state index in [4.69, 9.17) is 31.4 Å². The van der Waals surface area contributed by atoms with Crippen LogP contribution < -0.4 is 5.73 Å². The van der Waals surface area contributed by atoms with Gasteiger partial charge in [0.15, 0.2) is 0 Å². The van der Waals surface area contributed by atoms with Crippen molar-refractivity contribution in [3.05, 3.63) is 34.0 Å². The second-order valence-electron chi connectivity index (χ2n) is 3.90. The zero-order valence-corrected chi connectivity index (χ0v) is 9.37. The van der Waals surface area contributed by atoms with E-state index in [0.29, 0.717) is 24.8 Å². The standard InChI is InChI=1S/C10H11BClNO3/c12-10-7-1-2-14-4-6-5-15-11(9(6)7)16-8(10)3-13/h1-2,8H,3-5,13H2/t8-/m1/s1. The molecule has 2 N–H and O–H groups in total. The summed E-state index contributed by atoms with van der Waals surface area (Å²) in [5.41, 5.74) is 8.67. The molecule has 3 rings (SSSR count). The molecule has 0 amide bonds. The molecular formula is C10H11BClNO3. The van der Waals surface area contributed by atoms with Gasteiger partial charge in [-0.05, 0) is 22.7 Å². The summed E-state index contributed by atoms with van der Waals surface area (Å²) in [5, 5.41) is 0.638. The number of halogens is 1. The van der Waals surface area contributed by atoms with Crippen LogP contribution in [0.15, 0.2) is 34.0 Å². The van der Waals surface area contributed by atoms with Gasteiger partial charge in [0, 0.05) is 6.54 Å². The lowest BCUT2D eigenvalue weighted by atomic mass is 9.70. The highest BCUT2D eigenvalue weighted by Crippen LogP contribution is 2.38. The Kier molecular flexibility index (Phi) is 2.56. The number of rotatable bonds is 1. The van der Waals surface area contributed by atoms with Gasteiger partial charge in [-0.15, -0.1) is 0 Å². The second-order valence-corrected chi connectivity index (χ2v) is 4.30. The predicted molar refractivity (Wildman–Crippen MR) is 60.6 cm³/mol. The van der Waals surface area contributed by atoms with Gasteiger partial charge in [0.2, 0.25) is 0 Å². The van der Waals surface area contributed by atoms with Gasteiger partial charge in [-0.3, -0.25) is 0 Å². The summed E-state index contributed by atoms with van der Waals surface area (Å²) in [6.07, 6.45) is 3.23. The highest BCUT2D eigenvalue weighted by atomic mass is 35.5. The Morgan fingerprint density at radius 2 is 2.38 bits per heavy atom. The van der Waals surface area contributed by atoms with Gasteiger partial charge in [0.1, 0.15) is 6.61 Å². The smallest absolute Gasteiger partial charge is 0.495 e. The molecule has 6 heteroatoms. The van der Waals surface area contributed by atoms with Crippen molar-refractivity contribution in [2.24, 2.45) is 5.73 Å². The Labute approximate surface area is 98.8 Å². The van der Waals surface area contributed by atoms with Gasteiger partial charge in [-0.1, -0.05) is 11.6 Å². The molecule has 16 heavy (non-hydrogen) atoms. The summed E-state index contributed by atoms with van der Waals surface area (Å²) >= 11 is 6.27. The molecule has 1 atom stereocenters. The van der Waals surface area contributed by atoms with Crippen LogP contribution in [-0.2, 0) is 14.0 Å². The molecule has 3 aliphatic heterocycles. The van der Waals surface area contributed by atoms with Gasteiger partial charge in [0.25, 0.3) is 0 Å². The summed E-state index contributed by atoms with van der Waals surface area (Å²) in [7, 11) is -0.340. The molecule has 3 heterocycles. The number of hydrogen-bond donors (Lipinski definition) is 1. The molecule has 4 nitrogen and oxygen atoms in total. The monoisotopic (exact) mass is 239 g/mol. The highest BCUT2D eigenvalue weighted by molar-refractivity contribution is 6.58. The molecule has 0 aliphatic carbocycles. The summed E-state index contributed by atoms with van der Waals surface area (Å²) < 4.78 is 16.6. The number of ether oxygens (including phenoxy) is 1.